The number of carbonyl (C=O) groups is 1. The number of hydrogen-bond donors (Lipinski definition) is 0. The Morgan fingerprint density at radius 2 is 1.64 bits per heavy atom. The summed E-state index contributed by atoms with van der Waals surface area (Å²) in [7, 11) is 0. The molecular formula is C11H7CoO2-. The van der Waals surface area contributed by atoms with Gasteiger partial charge in [-0.1, -0.05) is 42.5 Å². The van der Waals surface area contributed by atoms with E-state index in [1.165, 1.54) is 0 Å². The molecule has 0 spiro atoms. The fourth-order valence-electron chi connectivity index (χ4n) is 1.40. The molecule has 0 aliphatic rings. The quantitative estimate of drug-likeness (QED) is 0.738. The van der Waals surface area contributed by atoms with Gasteiger partial charge in [-0.25, -0.2) is 0 Å². The van der Waals surface area contributed by atoms with E-state index in [0.29, 0.717) is 0 Å². The summed E-state index contributed by atoms with van der Waals surface area (Å²) in [6.45, 7) is 0. The van der Waals surface area contributed by atoms with Crippen LogP contribution in [0.2, 0.25) is 0 Å². The number of carboxylic acids is 1. The molecule has 0 aliphatic heterocycles. The Labute approximate surface area is 91.8 Å². The van der Waals surface area contributed by atoms with E-state index in [4.69, 9.17) is 0 Å². The first-order chi connectivity index (χ1) is 6.29. The monoisotopic (exact) mass is 230 g/mol. The van der Waals surface area contributed by atoms with Crippen LogP contribution in [0.3, 0.4) is 0 Å². The largest absolute Gasteiger partial charge is 0.545 e. The van der Waals surface area contributed by atoms with Gasteiger partial charge in [0.25, 0.3) is 0 Å². The van der Waals surface area contributed by atoms with E-state index in [1.807, 2.05) is 24.3 Å². The van der Waals surface area contributed by atoms with Gasteiger partial charge in [0, 0.05) is 22.3 Å². The summed E-state index contributed by atoms with van der Waals surface area (Å²) >= 11 is 0. The van der Waals surface area contributed by atoms with Crippen molar-refractivity contribution in [1.82, 2.24) is 0 Å². The van der Waals surface area contributed by atoms with Gasteiger partial charge in [0.05, 0.1) is 5.97 Å². The Morgan fingerprint density at radius 1 is 1.00 bits per heavy atom. The zero-order valence-electron chi connectivity index (χ0n) is 7.19. The zero-order chi connectivity index (χ0) is 9.26. The molecule has 73 valence electrons. The van der Waals surface area contributed by atoms with Crippen molar-refractivity contribution in [1.29, 1.82) is 0 Å². The van der Waals surface area contributed by atoms with Crippen molar-refractivity contribution >= 4 is 16.7 Å². The number of rotatable bonds is 1. The molecule has 0 aromatic heterocycles. The van der Waals surface area contributed by atoms with Crippen LogP contribution in [0.1, 0.15) is 10.4 Å². The predicted molar refractivity (Wildman–Crippen MR) is 48.3 cm³/mol. The predicted octanol–water partition coefficient (Wildman–Crippen LogP) is 1.20. The number of benzene rings is 2. The Hall–Kier alpha value is -1.32. The van der Waals surface area contributed by atoms with Crippen LogP contribution in [-0.4, -0.2) is 5.97 Å². The van der Waals surface area contributed by atoms with Crippen LogP contribution in [0, 0.1) is 0 Å². The molecule has 2 rings (SSSR count). The molecule has 1 radical (unpaired) electrons. The van der Waals surface area contributed by atoms with Gasteiger partial charge in [-0.05, 0) is 10.8 Å². The van der Waals surface area contributed by atoms with Gasteiger partial charge in [0.1, 0.15) is 0 Å². The van der Waals surface area contributed by atoms with E-state index in [1.54, 1.807) is 18.2 Å². The van der Waals surface area contributed by atoms with Gasteiger partial charge in [0.15, 0.2) is 0 Å². The Kier molecular flexibility index (Phi) is 3.27. The number of carboxylic acid groups (broad SMARTS) is 1. The van der Waals surface area contributed by atoms with Gasteiger partial charge in [-0.3, -0.25) is 0 Å². The van der Waals surface area contributed by atoms with E-state index >= 15 is 0 Å². The summed E-state index contributed by atoms with van der Waals surface area (Å²) in [6.07, 6.45) is 0. The number of fused-ring (bicyclic) bond motifs is 1. The summed E-state index contributed by atoms with van der Waals surface area (Å²) in [4.78, 5) is 10.7. The van der Waals surface area contributed by atoms with E-state index < -0.39 is 5.97 Å². The molecular weight excluding hydrogens is 223 g/mol. The van der Waals surface area contributed by atoms with Gasteiger partial charge >= 0.3 is 0 Å². The molecule has 0 atom stereocenters. The summed E-state index contributed by atoms with van der Waals surface area (Å²) in [6, 6.07) is 12.5. The van der Waals surface area contributed by atoms with Gasteiger partial charge in [0.2, 0.25) is 0 Å². The van der Waals surface area contributed by atoms with Crippen molar-refractivity contribution in [2.75, 3.05) is 0 Å². The van der Waals surface area contributed by atoms with Gasteiger partial charge < -0.3 is 9.90 Å². The van der Waals surface area contributed by atoms with Crippen LogP contribution in [-0.2, 0) is 16.8 Å². The fourth-order valence-corrected chi connectivity index (χ4v) is 1.40. The molecule has 0 N–H and O–H groups in total. The topological polar surface area (TPSA) is 40.1 Å². The normalized spacial score (nSPS) is 9.43. The summed E-state index contributed by atoms with van der Waals surface area (Å²) in [5.74, 6) is -1.13. The molecule has 2 aromatic carbocycles. The smallest absolute Gasteiger partial charge is 0.0721 e. The second kappa shape index (κ2) is 4.26. The molecule has 0 aliphatic carbocycles. The summed E-state index contributed by atoms with van der Waals surface area (Å²) in [5, 5.41) is 12.4. The second-order valence-electron chi connectivity index (χ2n) is 2.81. The molecule has 0 amide bonds. The standard InChI is InChI=1S/C11H8O2.Co/c12-11(13)10-7-3-5-8-4-1-2-6-9(8)10;/h1-7H,(H,12,13);/p-1. The summed E-state index contributed by atoms with van der Waals surface area (Å²) in [5.41, 5.74) is 0.248. The van der Waals surface area contributed by atoms with E-state index in [2.05, 4.69) is 0 Å². The number of carbonyl (C=O) groups excluding carboxylic acids is 1. The van der Waals surface area contributed by atoms with Crippen LogP contribution in [0.15, 0.2) is 42.5 Å². The maximum atomic E-state index is 10.7. The van der Waals surface area contributed by atoms with Crippen molar-refractivity contribution in [2.45, 2.75) is 0 Å². The van der Waals surface area contributed by atoms with Crippen LogP contribution in [0.5, 0.6) is 0 Å². The minimum atomic E-state index is -1.13. The molecule has 0 bridgehead atoms. The number of hydrogen-bond acceptors (Lipinski definition) is 2. The maximum Gasteiger partial charge on any atom is 0.0721 e. The first-order valence-corrected chi connectivity index (χ1v) is 3.98. The fraction of sp³-hybridized carbons (Fsp3) is 0. The van der Waals surface area contributed by atoms with Crippen molar-refractivity contribution in [3.8, 4) is 0 Å². The summed E-state index contributed by atoms with van der Waals surface area (Å²) < 4.78 is 0. The maximum absolute atomic E-state index is 10.7. The first kappa shape index (κ1) is 10.8. The van der Waals surface area contributed by atoms with Crippen LogP contribution in [0.4, 0.5) is 0 Å². The average Bonchev–Trinajstić information content (AvgIpc) is 2.17. The zero-order valence-corrected chi connectivity index (χ0v) is 8.23. The third kappa shape index (κ3) is 1.78. The van der Waals surface area contributed by atoms with E-state index in [9.17, 15) is 9.90 Å². The molecule has 2 aromatic rings. The SMILES string of the molecule is O=C([O-])c1cccc2ccccc12.[Co]. The Balaban J connectivity index is 0.000000980. The first-order valence-electron chi connectivity index (χ1n) is 3.98. The molecule has 0 fully saturated rings. The van der Waals surface area contributed by atoms with Crippen molar-refractivity contribution in [2.24, 2.45) is 0 Å². The van der Waals surface area contributed by atoms with Crippen molar-refractivity contribution in [3.63, 3.8) is 0 Å². The minimum absolute atomic E-state index is 0. The third-order valence-electron chi connectivity index (χ3n) is 2.01. The molecule has 0 saturated carbocycles. The molecule has 0 saturated heterocycles. The second-order valence-corrected chi connectivity index (χ2v) is 2.81. The van der Waals surface area contributed by atoms with E-state index in [0.717, 1.165) is 10.8 Å². The molecule has 3 heteroatoms. The van der Waals surface area contributed by atoms with E-state index in [-0.39, 0.29) is 22.3 Å². The third-order valence-corrected chi connectivity index (χ3v) is 2.01. The van der Waals surface area contributed by atoms with Crippen molar-refractivity contribution in [3.05, 3.63) is 48.0 Å². The van der Waals surface area contributed by atoms with Crippen LogP contribution in [0.25, 0.3) is 10.8 Å². The molecule has 0 heterocycles. The average molecular weight is 230 g/mol. The van der Waals surface area contributed by atoms with Crippen molar-refractivity contribution < 1.29 is 26.7 Å². The Morgan fingerprint density at radius 3 is 2.36 bits per heavy atom. The molecule has 2 nitrogen and oxygen atoms in total. The van der Waals surface area contributed by atoms with Crippen LogP contribution >= 0.6 is 0 Å². The van der Waals surface area contributed by atoms with Gasteiger partial charge in [-0.15, -0.1) is 0 Å². The molecule has 14 heavy (non-hydrogen) atoms. The Bertz CT molecular complexity index is 460. The number of aromatic carboxylic acids is 1. The van der Waals surface area contributed by atoms with Crippen LogP contribution < -0.4 is 5.11 Å². The van der Waals surface area contributed by atoms with Gasteiger partial charge in [-0.2, -0.15) is 0 Å². The minimum Gasteiger partial charge on any atom is -0.545 e. The molecule has 0 unspecified atom stereocenters.